The van der Waals surface area contributed by atoms with Crippen molar-refractivity contribution in [1.29, 1.82) is 0 Å². The van der Waals surface area contributed by atoms with Crippen molar-refractivity contribution >= 4 is 15.9 Å². The van der Waals surface area contributed by atoms with Gasteiger partial charge in [-0.25, -0.2) is 8.42 Å². The van der Waals surface area contributed by atoms with E-state index in [0.717, 1.165) is 25.7 Å². The molecule has 1 atom stereocenters. The van der Waals surface area contributed by atoms with E-state index < -0.39 is 16.1 Å². The Balaban J connectivity index is 1.52. The molecule has 2 heterocycles. The maximum absolute atomic E-state index is 13.1. The number of hydrogen-bond donors (Lipinski definition) is 1. The summed E-state index contributed by atoms with van der Waals surface area (Å²) in [6, 6.07) is 4.13. The highest BCUT2D eigenvalue weighted by Crippen LogP contribution is 2.36. The molecule has 0 aromatic heterocycles. The zero-order valence-corrected chi connectivity index (χ0v) is 15.5. The molecule has 8 heteroatoms. The lowest BCUT2D eigenvalue weighted by Gasteiger charge is -2.28. The smallest absolute Gasteiger partial charge is 0.243 e. The Kier molecular flexibility index (Phi) is 4.79. The van der Waals surface area contributed by atoms with Crippen molar-refractivity contribution in [2.45, 2.75) is 61.9 Å². The third-order valence-electron chi connectivity index (χ3n) is 5.41. The molecule has 1 amide bonds. The van der Waals surface area contributed by atoms with Crippen molar-refractivity contribution in [3.8, 4) is 11.5 Å². The molecule has 1 aliphatic carbocycles. The van der Waals surface area contributed by atoms with Crippen LogP contribution in [0, 0.1) is 0 Å². The fourth-order valence-electron chi connectivity index (χ4n) is 4.01. The van der Waals surface area contributed by atoms with Gasteiger partial charge >= 0.3 is 0 Å². The Morgan fingerprint density at radius 3 is 2.62 bits per heavy atom. The predicted octanol–water partition coefficient (Wildman–Crippen LogP) is 2.02. The van der Waals surface area contributed by atoms with E-state index in [1.165, 1.54) is 22.9 Å². The summed E-state index contributed by atoms with van der Waals surface area (Å²) < 4.78 is 38.0. The van der Waals surface area contributed by atoms with Gasteiger partial charge in [-0.2, -0.15) is 4.31 Å². The van der Waals surface area contributed by atoms with E-state index in [-0.39, 0.29) is 23.6 Å². The van der Waals surface area contributed by atoms with Crippen LogP contribution in [0.25, 0.3) is 0 Å². The molecule has 1 aromatic carbocycles. The largest absolute Gasteiger partial charge is 0.454 e. The van der Waals surface area contributed by atoms with Crippen LogP contribution in [-0.4, -0.2) is 44.1 Å². The molecule has 0 bridgehead atoms. The van der Waals surface area contributed by atoms with Crippen LogP contribution in [0.2, 0.25) is 0 Å². The number of carbonyl (C=O) groups excluding carboxylic acids is 1. The first-order valence-corrected chi connectivity index (χ1v) is 10.7. The van der Waals surface area contributed by atoms with Crippen LogP contribution in [0.4, 0.5) is 0 Å². The second-order valence-corrected chi connectivity index (χ2v) is 9.02. The van der Waals surface area contributed by atoms with Gasteiger partial charge in [-0.05, 0) is 37.8 Å². The van der Waals surface area contributed by atoms with Gasteiger partial charge in [0.1, 0.15) is 6.04 Å². The second-order valence-electron chi connectivity index (χ2n) is 7.13. The van der Waals surface area contributed by atoms with E-state index in [1.54, 1.807) is 6.07 Å². The Bertz CT molecular complexity index is 789. The molecular formula is C18H24N2O5S. The average molecular weight is 380 g/mol. The molecule has 3 aliphatic rings. The van der Waals surface area contributed by atoms with E-state index in [2.05, 4.69) is 5.32 Å². The topological polar surface area (TPSA) is 84.9 Å². The lowest BCUT2D eigenvalue weighted by atomic mass is 9.95. The number of rotatable bonds is 4. The summed E-state index contributed by atoms with van der Waals surface area (Å²) in [6.45, 7) is 0.453. The fraction of sp³-hybridized carbons (Fsp3) is 0.611. The fourth-order valence-corrected chi connectivity index (χ4v) is 5.68. The number of hydrogen-bond acceptors (Lipinski definition) is 5. The number of fused-ring (bicyclic) bond motifs is 1. The first-order chi connectivity index (χ1) is 12.6. The van der Waals surface area contributed by atoms with Crippen molar-refractivity contribution in [2.75, 3.05) is 13.3 Å². The Morgan fingerprint density at radius 1 is 1.04 bits per heavy atom. The molecule has 2 aliphatic heterocycles. The van der Waals surface area contributed by atoms with Crippen LogP contribution < -0.4 is 14.8 Å². The van der Waals surface area contributed by atoms with Gasteiger partial charge in [0.2, 0.25) is 22.7 Å². The SMILES string of the molecule is O=C(NC1CCCCC1)[C@@H]1CCCN1S(=O)(=O)c1ccc2c(c1)OCO2. The number of nitrogens with one attached hydrogen (secondary N) is 1. The lowest BCUT2D eigenvalue weighted by molar-refractivity contribution is -0.125. The first kappa shape index (κ1) is 17.6. The molecule has 0 spiro atoms. The number of benzene rings is 1. The van der Waals surface area contributed by atoms with Gasteiger partial charge in [0.05, 0.1) is 4.90 Å². The number of ether oxygens (including phenoxy) is 2. The average Bonchev–Trinajstić information content (AvgIpc) is 3.31. The van der Waals surface area contributed by atoms with E-state index in [1.807, 2.05) is 0 Å². The molecule has 1 saturated heterocycles. The summed E-state index contributed by atoms with van der Waals surface area (Å²) in [5.74, 6) is 0.796. The number of amides is 1. The summed E-state index contributed by atoms with van der Waals surface area (Å²) >= 11 is 0. The van der Waals surface area contributed by atoms with Crippen LogP contribution in [-0.2, 0) is 14.8 Å². The molecule has 0 unspecified atom stereocenters. The number of nitrogens with zero attached hydrogens (tertiary/aromatic N) is 1. The molecule has 1 N–H and O–H groups in total. The molecule has 1 saturated carbocycles. The molecule has 2 fully saturated rings. The standard InChI is InChI=1S/C18H24N2O5S/c21-18(19-13-5-2-1-3-6-13)15-7-4-10-20(15)26(22,23)14-8-9-16-17(11-14)25-12-24-16/h8-9,11,13,15H,1-7,10,12H2,(H,19,21)/t15-/m0/s1. The molecule has 142 valence electrons. The summed E-state index contributed by atoms with van der Waals surface area (Å²) in [7, 11) is -3.76. The maximum atomic E-state index is 13.1. The van der Waals surface area contributed by atoms with Crippen molar-refractivity contribution in [3.05, 3.63) is 18.2 Å². The highest BCUT2D eigenvalue weighted by atomic mass is 32.2. The summed E-state index contributed by atoms with van der Waals surface area (Å²) in [4.78, 5) is 12.9. The third-order valence-corrected chi connectivity index (χ3v) is 7.31. The number of sulfonamides is 1. The van der Waals surface area contributed by atoms with Gasteiger partial charge in [-0.1, -0.05) is 19.3 Å². The normalized spacial score (nSPS) is 23.9. The van der Waals surface area contributed by atoms with Crippen LogP contribution >= 0.6 is 0 Å². The van der Waals surface area contributed by atoms with Crippen LogP contribution in [0.5, 0.6) is 11.5 Å². The van der Waals surface area contributed by atoms with E-state index >= 15 is 0 Å². The Hall–Kier alpha value is -1.80. The van der Waals surface area contributed by atoms with Crippen LogP contribution in [0.3, 0.4) is 0 Å². The van der Waals surface area contributed by atoms with Crippen molar-refractivity contribution in [1.82, 2.24) is 9.62 Å². The number of carbonyl (C=O) groups is 1. The van der Waals surface area contributed by atoms with Gasteiger partial charge < -0.3 is 14.8 Å². The zero-order valence-electron chi connectivity index (χ0n) is 14.6. The highest BCUT2D eigenvalue weighted by molar-refractivity contribution is 7.89. The van der Waals surface area contributed by atoms with E-state index in [0.29, 0.717) is 30.9 Å². The Labute approximate surface area is 153 Å². The second kappa shape index (κ2) is 7.08. The molecule has 7 nitrogen and oxygen atoms in total. The summed E-state index contributed by atoms with van der Waals surface area (Å²) in [6.07, 6.45) is 6.65. The van der Waals surface area contributed by atoms with Crippen molar-refractivity contribution < 1.29 is 22.7 Å². The summed E-state index contributed by atoms with van der Waals surface area (Å²) in [5, 5.41) is 3.07. The molecular weight excluding hydrogens is 356 g/mol. The monoisotopic (exact) mass is 380 g/mol. The molecule has 26 heavy (non-hydrogen) atoms. The minimum Gasteiger partial charge on any atom is -0.454 e. The maximum Gasteiger partial charge on any atom is 0.243 e. The summed E-state index contributed by atoms with van der Waals surface area (Å²) in [5.41, 5.74) is 0. The molecule has 1 aromatic rings. The lowest BCUT2D eigenvalue weighted by Crippen LogP contribution is -2.49. The van der Waals surface area contributed by atoms with E-state index in [4.69, 9.17) is 9.47 Å². The first-order valence-electron chi connectivity index (χ1n) is 9.27. The molecule has 0 radical (unpaired) electrons. The van der Waals surface area contributed by atoms with Gasteiger partial charge in [-0.15, -0.1) is 0 Å². The van der Waals surface area contributed by atoms with Crippen LogP contribution in [0.1, 0.15) is 44.9 Å². The van der Waals surface area contributed by atoms with Gasteiger partial charge in [-0.3, -0.25) is 4.79 Å². The van der Waals surface area contributed by atoms with Crippen molar-refractivity contribution in [3.63, 3.8) is 0 Å². The van der Waals surface area contributed by atoms with Crippen molar-refractivity contribution in [2.24, 2.45) is 0 Å². The molecule has 4 rings (SSSR count). The third kappa shape index (κ3) is 3.27. The minimum atomic E-state index is -3.76. The highest BCUT2D eigenvalue weighted by Gasteiger charge is 2.40. The quantitative estimate of drug-likeness (QED) is 0.864. The van der Waals surface area contributed by atoms with Crippen LogP contribution in [0.15, 0.2) is 23.1 Å². The van der Waals surface area contributed by atoms with E-state index in [9.17, 15) is 13.2 Å². The Morgan fingerprint density at radius 2 is 1.81 bits per heavy atom. The van der Waals surface area contributed by atoms with Gasteiger partial charge in [0.15, 0.2) is 11.5 Å². The predicted molar refractivity (Wildman–Crippen MR) is 94.5 cm³/mol. The van der Waals surface area contributed by atoms with Gasteiger partial charge in [0.25, 0.3) is 0 Å². The zero-order chi connectivity index (χ0) is 18.1. The minimum absolute atomic E-state index is 0.0922. The van der Waals surface area contributed by atoms with Gasteiger partial charge in [0, 0.05) is 18.7 Å².